The fourth-order valence-corrected chi connectivity index (χ4v) is 5.70. The Morgan fingerprint density at radius 3 is 2.83 bits per heavy atom. The largest absolute Gasteiger partial charge is 0.410 e. The van der Waals surface area contributed by atoms with E-state index in [2.05, 4.69) is 28.5 Å². The maximum atomic E-state index is 13.4. The van der Waals surface area contributed by atoms with E-state index in [-0.39, 0.29) is 17.8 Å². The lowest BCUT2D eigenvalue weighted by Crippen LogP contribution is -2.29. The maximum absolute atomic E-state index is 13.4. The van der Waals surface area contributed by atoms with Crippen molar-refractivity contribution >= 4 is 29.0 Å². The first-order valence-electron chi connectivity index (χ1n) is 10.2. The molecule has 0 radical (unpaired) electrons. The van der Waals surface area contributed by atoms with Gasteiger partial charge in [0.05, 0.1) is 4.88 Å². The summed E-state index contributed by atoms with van der Waals surface area (Å²) in [6.07, 6.45) is 5.41. The van der Waals surface area contributed by atoms with E-state index in [1.54, 1.807) is 23.5 Å². The van der Waals surface area contributed by atoms with Crippen molar-refractivity contribution in [3.05, 3.63) is 52.2 Å². The van der Waals surface area contributed by atoms with Crippen molar-refractivity contribution in [2.24, 2.45) is 5.92 Å². The number of thioether (sulfide) groups is 1. The van der Waals surface area contributed by atoms with Crippen LogP contribution in [0.25, 0.3) is 10.8 Å². The van der Waals surface area contributed by atoms with Crippen LogP contribution in [-0.2, 0) is 17.6 Å². The van der Waals surface area contributed by atoms with Crippen molar-refractivity contribution in [1.29, 1.82) is 0 Å². The summed E-state index contributed by atoms with van der Waals surface area (Å²) in [6, 6.07) is 8.39. The fraction of sp³-hybridized carbons (Fsp3) is 0.409. The minimum atomic E-state index is -0.572. The zero-order chi connectivity index (χ0) is 20.7. The van der Waals surface area contributed by atoms with Crippen molar-refractivity contribution in [2.45, 2.75) is 55.5 Å². The smallest absolute Gasteiger partial charge is 0.278 e. The lowest BCUT2D eigenvalue weighted by atomic mass is 9.90. The van der Waals surface area contributed by atoms with E-state index in [0.717, 1.165) is 30.6 Å². The maximum Gasteiger partial charge on any atom is 0.278 e. The fourth-order valence-electron chi connectivity index (χ4n) is 3.68. The number of fused-ring (bicyclic) bond motifs is 1. The van der Waals surface area contributed by atoms with Gasteiger partial charge in [-0.2, -0.15) is 0 Å². The first-order valence-corrected chi connectivity index (χ1v) is 11.9. The number of thiophene rings is 1. The second kappa shape index (κ2) is 8.15. The summed E-state index contributed by atoms with van der Waals surface area (Å²) < 4.78 is 19.3. The van der Waals surface area contributed by atoms with Gasteiger partial charge in [0.1, 0.15) is 11.1 Å². The molecule has 2 atom stereocenters. The molecule has 1 N–H and O–H groups in total. The van der Waals surface area contributed by atoms with Crippen LogP contribution in [0.15, 0.2) is 40.0 Å². The lowest BCUT2D eigenvalue weighted by molar-refractivity contribution is -0.120. The Labute approximate surface area is 182 Å². The number of aryl methyl sites for hydroxylation is 1. The first-order chi connectivity index (χ1) is 14.5. The molecule has 0 aliphatic heterocycles. The lowest BCUT2D eigenvalue weighted by Gasteiger charge is -2.16. The Hall–Kier alpha value is -2.19. The number of rotatable bonds is 6. The predicted molar refractivity (Wildman–Crippen MR) is 115 cm³/mol. The Balaban J connectivity index is 1.37. The van der Waals surface area contributed by atoms with E-state index >= 15 is 0 Å². The van der Waals surface area contributed by atoms with Gasteiger partial charge in [0, 0.05) is 10.9 Å². The number of halogens is 1. The van der Waals surface area contributed by atoms with Crippen molar-refractivity contribution in [3.8, 4) is 10.8 Å². The molecule has 5 rings (SSSR count). The van der Waals surface area contributed by atoms with E-state index in [1.807, 2.05) is 0 Å². The van der Waals surface area contributed by atoms with Gasteiger partial charge in [-0.25, -0.2) is 4.39 Å². The molecule has 2 aliphatic rings. The van der Waals surface area contributed by atoms with Crippen LogP contribution in [0.3, 0.4) is 0 Å². The number of aromatic nitrogens is 2. The van der Waals surface area contributed by atoms with Crippen LogP contribution in [-0.4, -0.2) is 22.1 Å². The Morgan fingerprint density at radius 1 is 1.27 bits per heavy atom. The predicted octanol–water partition coefficient (Wildman–Crippen LogP) is 5.17. The molecule has 1 amide bonds. The minimum absolute atomic E-state index is 0.116. The molecule has 30 heavy (non-hydrogen) atoms. The Kier molecular flexibility index (Phi) is 5.37. The molecule has 1 aromatic carbocycles. The standard InChI is InChI=1S/C22H22FN3O2S2/c1-12-2-9-17-14(10-12)11-18(29-17)21-25-26-22(28-21)30-19(20(27)24-16-7-8-16)13-3-5-15(23)6-4-13/h3-6,11-12,16,19H,2,7-10H2,1H3,(H,24,27)/t12-,19-/m1/s1. The number of carbonyl (C=O) groups excluding carboxylic acids is 1. The average molecular weight is 444 g/mol. The van der Waals surface area contributed by atoms with Crippen molar-refractivity contribution < 1.29 is 13.6 Å². The minimum Gasteiger partial charge on any atom is -0.410 e. The van der Waals surface area contributed by atoms with Crippen LogP contribution in [0.4, 0.5) is 4.39 Å². The molecule has 156 valence electrons. The van der Waals surface area contributed by atoms with Gasteiger partial charge in [0.15, 0.2) is 0 Å². The number of amides is 1. The van der Waals surface area contributed by atoms with Crippen LogP contribution in [0.1, 0.15) is 47.4 Å². The van der Waals surface area contributed by atoms with E-state index in [9.17, 15) is 9.18 Å². The molecule has 0 unspecified atom stereocenters. The van der Waals surface area contributed by atoms with Crippen LogP contribution in [0, 0.1) is 11.7 Å². The van der Waals surface area contributed by atoms with Crippen molar-refractivity contribution in [3.63, 3.8) is 0 Å². The van der Waals surface area contributed by atoms with Gasteiger partial charge < -0.3 is 9.73 Å². The SMILES string of the molecule is C[C@@H]1CCc2sc(-c3nnc(S[C@@H](C(=O)NC4CC4)c4ccc(F)cc4)o3)cc2C1. The van der Waals surface area contributed by atoms with Gasteiger partial charge in [-0.15, -0.1) is 21.5 Å². The summed E-state index contributed by atoms with van der Waals surface area (Å²) in [6.45, 7) is 2.28. The molecule has 0 spiro atoms. The molecule has 2 aromatic heterocycles. The van der Waals surface area contributed by atoms with E-state index in [1.165, 1.54) is 40.8 Å². The second-order valence-electron chi connectivity index (χ2n) is 8.11. The summed E-state index contributed by atoms with van der Waals surface area (Å²) in [5.41, 5.74) is 2.09. The van der Waals surface area contributed by atoms with Crippen LogP contribution >= 0.6 is 23.1 Å². The zero-order valence-corrected chi connectivity index (χ0v) is 18.2. The summed E-state index contributed by atoms with van der Waals surface area (Å²) in [5, 5.41) is 11.2. The third-order valence-electron chi connectivity index (χ3n) is 5.50. The summed E-state index contributed by atoms with van der Waals surface area (Å²) in [7, 11) is 0. The van der Waals surface area contributed by atoms with Crippen LogP contribution in [0.2, 0.25) is 0 Å². The van der Waals surface area contributed by atoms with Crippen LogP contribution in [0.5, 0.6) is 0 Å². The molecular formula is C22H22FN3O2S2. The summed E-state index contributed by atoms with van der Waals surface area (Å²) in [4.78, 5) is 15.2. The molecule has 2 heterocycles. The summed E-state index contributed by atoms with van der Waals surface area (Å²) >= 11 is 2.92. The van der Waals surface area contributed by atoms with Gasteiger partial charge in [-0.05, 0) is 79.1 Å². The highest BCUT2D eigenvalue weighted by molar-refractivity contribution is 8.00. The quantitative estimate of drug-likeness (QED) is 0.532. The van der Waals surface area contributed by atoms with Crippen LogP contribution < -0.4 is 5.32 Å². The van der Waals surface area contributed by atoms with E-state index in [4.69, 9.17) is 4.42 Å². The molecule has 0 bridgehead atoms. The second-order valence-corrected chi connectivity index (χ2v) is 10.3. The topological polar surface area (TPSA) is 68.0 Å². The number of benzene rings is 1. The molecule has 3 aromatic rings. The molecule has 5 nitrogen and oxygen atoms in total. The third-order valence-corrected chi connectivity index (χ3v) is 7.81. The number of nitrogens with one attached hydrogen (secondary N) is 1. The third kappa shape index (κ3) is 4.30. The number of hydrogen-bond acceptors (Lipinski definition) is 6. The van der Waals surface area contributed by atoms with Crippen molar-refractivity contribution in [2.75, 3.05) is 0 Å². The van der Waals surface area contributed by atoms with Gasteiger partial charge in [-0.3, -0.25) is 4.79 Å². The highest BCUT2D eigenvalue weighted by atomic mass is 32.2. The van der Waals surface area contributed by atoms with Gasteiger partial charge in [0.2, 0.25) is 5.91 Å². The first kappa shape index (κ1) is 19.8. The molecule has 0 saturated heterocycles. The average Bonchev–Trinajstić information content (AvgIpc) is 3.25. The monoisotopic (exact) mass is 443 g/mol. The highest BCUT2D eigenvalue weighted by Gasteiger charge is 2.31. The Morgan fingerprint density at radius 2 is 2.07 bits per heavy atom. The van der Waals surface area contributed by atoms with Gasteiger partial charge in [-0.1, -0.05) is 19.1 Å². The van der Waals surface area contributed by atoms with E-state index < -0.39 is 5.25 Å². The number of hydrogen-bond donors (Lipinski definition) is 1. The summed E-state index contributed by atoms with van der Waals surface area (Å²) in [5.74, 6) is 0.746. The Bertz CT molecular complexity index is 1060. The molecule has 2 aliphatic carbocycles. The van der Waals surface area contributed by atoms with Crippen molar-refractivity contribution in [1.82, 2.24) is 15.5 Å². The molecule has 8 heteroatoms. The molecule has 1 saturated carbocycles. The highest BCUT2D eigenvalue weighted by Crippen LogP contribution is 2.40. The molecular weight excluding hydrogens is 421 g/mol. The normalized spacial score (nSPS) is 19.3. The van der Waals surface area contributed by atoms with Gasteiger partial charge in [0.25, 0.3) is 11.1 Å². The van der Waals surface area contributed by atoms with Gasteiger partial charge >= 0.3 is 0 Å². The van der Waals surface area contributed by atoms with E-state index in [0.29, 0.717) is 22.6 Å². The number of carbonyl (C=O) groups is 1. The molecule has 1 fully saturated rings. The number of nitrogens with zero attached hydrogens (tertiary/aromatic N) is 2. The zero-order valence-electron chi connectivity index (χ0n) is 16.6.